The molecule has 0 aliphatic heterocycles. The molecule has 1 aliphatic carbocycles. The van der Waals surface area contributed by atoms with Gasteiger partial charge in [-0.2, -0.15) is 0 Å². The number of nitrogens with one attached hydrogen (secondary N) is 3. The maximum absolute atomic E-state index is 11.4. The lowest BCUT2D eigenvalue weighted by Gasteiger charge is -2.16. The Morgan fingerprint density at radius 1 is 1.11 bits per heavy atom. The minimum absolute atomic E-state index is 0.0126. The third kappa shape index (κ3) is 5.58. The predicted molar refractivity (Wildman–Crippen MR) is 68.6 cm³/mol. The number of carboxylic acids is 1. The Morgan fingerprint density at radius 2 is 1.79 bits per heavy atom. The molecular weight excluding hydrogens is 250 g/mol. The number of hydrogen-bond donors (Lipinski definition) is 4. The molecule has 108 valence electrons. The van der Waals surface area contributed by atoms with Crippen LogP contribution in [0.1, 0.15) is 26.2 Å². The highest BCUT2D eigenvalue weighted by atomic mass is 16.4. The summed E-state index contributed by atoms with van der Waals surface area (Å²) in [5, 5.41) is 16.8. The highest BCUT2D eigenvalue weighted by Gasteiger charge is 2.32. The van der Waals surface area contributed by atoms with E-state index in [0.29, 0.717) is 26.1 Å². The van der Waals surface area contributed by atoms with E-state index in [2.05, 4.69) is 16.0 Å². The van der Waals surface area contributed by atoms with Gasteiger partial charge in [0.25, 0.3) is 0 Å². The molecule has 2 atom stereocenters. The Labute approximate surface area is 112 Å². The summed E-state index contributed by atoms with van der Waals surface area (Å²) in [4.78, 5) is 33.0. The average molecular weight is 271 g/mol. The molecule has 2 unspecified atom stereocenters. The van der Waals surface area contributed by atoms with Gasteiger partial charge in [0.05, 0.1) is 5.92 Å². The van der Waals surface area contributed by atoms with Gasteiger partial charge in [-0.3, -0.25) is 9.59 Å². The molecule has 7 nitrogen and oxygen atoms in total. The lowest BCUT2D eigenvalue weighted by molar-refractivity contribution is -0.142. The van der Waals surface area contributed by atoms with Crippen molar-refractivity contribution < 1.29 is 19.5 Å². The molecule has 0 aromatic carbocycles. The molecule has 3 amide bonds. The van der Waals surface area contributed by atoms with E-state index in [4.69, 9.17) is 5.11 Å². The molecule has 0 spiro atoms. The molecule has 0 bridgehead atoms. The van der Waals surface area contributed by atoms with Gasteiger partial charge in [-0.25, -0.2) is 4.79 Å². The quantitative estimate of drug-likeness (QED) is 0.507. The van der Waals surface area contributed by atoms with Crippen LogP contribution in [-0.4, -0.2) is 42.6 Å². The van der Waals surface area contributed by atoms with Crippen LogP contribution >= 0.6 is 0 Å². The summed E-state index contributed by atoms with van der Waals surface area (Å²) in [7, 11) is 0. The zero-order valence-corrected chi connectivity index (χ0v) is 11.1. The van der Waals surface area contributed by atoms with Gasteiger partial charge in [0.2, 0.25) is 5.91 Å². The van der Waals surface area contributed by atoms with Crippen molar-refractivity contribution in [3.63, 3.8) is 0 Å². The third-order valence-electron chi connectivity index (χ3n) is 3.29. The lowest BCUT2D eigenvalue weighted by atomic mass is 9.96. The molecule has 1 fully saturated rings. The number of aliphatic carboxylic acids is 1. The Hall–Kier alpha value is -1.79. The molecule has 0 heterocycles. The zero-order chi connectivity index (χ0) is 14.3. The van der Waals surface area contributed by atoms with Crippen LogP contribution in [0.4, 0.5) is 4.79 Å². The van der Waals surface area contributed by atoms with E-state index < -0.39 is 5.97 Å². The van der Waals surface area contributed by atoms with Crippen LogP contribution in [0.2, 0.25) is 0 Å². The number of rotatable bonds is 6. The maximum atomic E-state index is 11.4. The molecule has 0 aromatic heterocycles. The molecular formula is C12H21N3O4. The van der Waals surface area contributed by atoms with Gasteiger partial charge in [0, 0.05) is 26.6 Å². The van der Waals surface area contributed by atoms with Gasteiger partial charge in [-0.15, -0.1) is 0 Å². The van der Waals surface area contributed by atoms with Crippen LogP contribution in [0, 0.1) is 11.8 Å². The van der Waals surface area contributed by atoms with Crippen molar-refractivity contribution in [2.24, 2.45) is 11.8 Å². The summed E-state index contributed by atoms with van der Waals surface area (Å²) in [6.45, 7) is 2.51. The van der Waals surface area contributed by atoms with Crippen molar-refractivity contribution in [1.29, 1.82) is 0 Å². The zero-order valence-electron chi connectivity index (χ0n) is 11.1. The van der Waals surface area contributed by atoms with Crippen molar-refractivity contribution in [1.82, 2.24) is 16.0 Å². The highest BCUT2D eigenvalue weighted by Crippen LogP contribution is 2.31. The van der Waals surface area contributed by atoms with E-state index in [1.165, 1.54) is 6.92 Å². The van der Waals surface area contributed by atoms with E-state index in [0.717, 1.165) is 12.8 Å². The number of hydrogen-bond acceptors (Lipinski definition) is 3. The topological polar surface area (TPSA) is 108 Å². The van der Waals surface area contributed by atoms with Crippen molar-refractivity contribution >= 4 is 17.9 Å². The van der Waals surface area contributed by atoms with Gasteiger partial charge in [-0.1, -0.05) is 6.42 Å². The van der Waals surface area contributed by atoms with Crippen LogP contribution in [0.25, 0.3) is 0 Å². The monoisotopic (exact) mass is 271 g/mol. The van der Waals surface area contributed by atoms with E-state index >= 15 is 0 Å². The SMILES string of the molecule is CC(=O)NCCNC(=O)NCC1CCCC1C(=O)O. The number of urea groups is 1. The first-order valence-electron chi connectivity index (χ1n) is 6.49. The first-order valence-corrected chi connectivity index (χ1v) is 6.49. The van der Waals surface area contributed by atoms with E-state index in [1.807, 2.05) is 0 Å². The largest absolute Gasteiger partial charge is 0.481 e. The van der Waals surface area contributed by atoms with Crippen molar-refractivity contribution in [3.05, 3.63) is 0 Å². The summed E-state index contributed by atoms with van der Waals surface area (Å²) in [5.41, 5.74) is 0. The minimum Gasteiger partial charge on any atom is -0.481 e. The fourth-order valence-electron chi connectivity index (χ4n) is 2.31. The van der Waals surface area contributed by atoms with Gasteiger partial charge >= 0.3 is 12.0 Å². The second kappa shape index (κ2) is 7.60. The van der Waals surface area contributed by atoms with Crippen molar-refractivity contribution in [2.75, 3.05) is 19.6 Å². The van der Waals surface area contributed by atoms with E-state index in [-0.39, 0.29) is 23.8 Å². The maximum Gasteiger partial charge on any atom is 0.314 e. The average Bonchev–Trinajstić information content (AvgIpc) is 2.80. The van der Waals surface area contributed by atoms with E-state index in [1.54, 1.807) is 0 Å². The molecule has 1 aliphatic rings. The second-order valence-electron chi connectivity index (χ2n) is 4.76. The normalized spacial score (nSPS) is 21.7. The number of amides is 3. The Kier molecular flexibility index (Phi) is 6.11. The van der Waals surface area contributed by atoms with Gasteiger partial charge in [0.15, 0.2) is 0 Å². The standard InChI is InChI=1S/C12H21N3O4/c1-8(16)13-5-6-14-12(19)15-7-9-3-2-4-10(9)11(17)18/h9-10H,2-7H2,1H3,(H,13,16)(H,17,18)(H2,14,15,19). The molecule has 1 rings (SSSR count). The van der Waals surface area contributed by atoms with Crippen molar-refractivity contribution in [3.8, 4) is 0 Å². The molecule has 19 heavy (non-hydrogen) atoms. The highest BCUT2D eigenvalue weighted by molar-refractivity contribution is 5.75. The summed E-state index contributed by atoms with van der Waals surface area (Å²) >= 11 is 0. The first-order chi connectivity index (χ1) is 9.00. The van der Waals surface area contributed by atoms with Gasteiger partial charge in [0.1, 0.15) is 0 Å². The summed E-state index contributed by atoms with van der Waals surface area (Å²) in [6, 6.07) is -0.332. The Bertz CT molecular complexity index is 346. The number of carbonyl (C=O) groups excluding carboxylic acids is 2. The first kappa shape index (κ1) is 15.3. The number of carboxylic acid groups (broad SMARTS) is 1. The Balaban J connectivity index is 2.16. The van der Waals surface area contributed by atoms with Crippen LogP contribution in [0.3, 0.4) is 0 Å². The van der Waals surface area contributed by atoms with Crippen molar-refractivity contribution in [2.45, 2.75) is 26.2 Å². The van der Waals surface area contributed by atoms with Crippen LogP contribution < -0.4 is 16.0 Å². The molecule has 0 radical (unpaired) electrons. The third-order valence-corrected chi connectivity index (χ3v) is 3.29. The summed E-state index contributed by atoms with van der Waals surface area (Å²) < 4.78 is 0. The summed E-state index contributed by atoms with van der Waals surface area (Å²) in [6.07, 6.45) is 2.42. The molecule has 4 N–H and O–H groups in total. The van der Waals surface area contributed by atoms with Gasteiger partial charge < -0.3 is 21.1 Å². The summed E-state index contributed by atoms with van der Waals surface area (Å²) in [5.74, 6) is -1.26. The van der Waals surface area contributed by atoms with Gasteiger partial charge in [-0.05, 0) is 18.8 Å². The molecule has 1 saturated carbocycles. The van der Waals surface area contributed by atoms with Crippen LogP contribution in [0.15, 0.2) is 0 Å². The van der Waals surface area contributed by atoms with Crippen LogP contribution in [0.5, 0.6) is 0 Å². The molecule has 0 saturated heterocycles. The molecule has 7 heteroatoms. The minimum atomic E-state index is -0.782. The fraction of sp³-hybridized carbons (Fsp3) is 0.750. The molecule has 0 aromatic rings. The smallest absolute Gasteiger partial charge is 0.314 e. The lowest BCUT2D eigenvalue weighted by Crippen LogP contribution is -2.42. The number of carbonyl (C=O) groups is 3. The van der Waals surface area contributed by atoms with Crippen LogP contribution in [-0.2, 0) is 9.59 Å². The van der Waals surface area contributed by atoms with E-state index in [9.17, 15) is 14.4 Å². The second-order valence-corrected chi connectivity index (χ2v) is 4.76. The fourth-order valence-corrected chi connectivity index (χ4v) is 2.31. The predicted octanol–water partition coefficient (Wildman–Crippen LogP) is -0.0774. The Morgan fingerprint density at radius 3 is 2.42 bits per heavy atom.